The first-order valence-electron chi connectivity index (χ1n) is 6.31. The number of halogens is 1. The van der Waals surface area contributed by atoms with Crippen LogP contribution in [0.4, 0.5) is 0 Å². The van der Waals surface area contributed by atoms with E-state index < -0.39 is 0 Å². The molecule has 1 heterocycles. The van der Waals surface area contributed by atoms with E-state index in [1.54, 1.807) is 14.2 Å². The average molecular weight is 330 g/mol. The minimum atomic E-state index is 0.0691. The topological polar surface area (TPSA) is 39.7 Å². The summed E-state index contributed by atoms with van der Waals surface area (Å²) < 4.78 is 17.0. The molecule has 2 rings (SSSR count). The molecule has 1 N–H and O–H groups in total. The van der Waals surface area contributed by atoms with Crippen molar-refractivity contribution in [3.05, 3.63) is 22.2 Å². The van der Waals surface area contributed by atoms with Gasteiger partial charge in [-0.2, -0.15) is 0 Å². The Balaban J connectivity index is 2.10. The molecule has 0 amide bonds. The fourth-order valence-electron chi connectivity index (χ4n) is 2.20. The molecule has 1 aliphatic heterocycles. The molecule has 0 bridgehead atoms. The zero-order valence-electron chi connectivity index (χ0n) is 11.6. The van der Waals surface area contributed by atoms with Crippen molar-refractivity contribution in [1.82, 2.24) is 5.32 Å². The van der Waals surface area contributed by atoms with Crippen LogP contribution in [0, 0.1) is 0 Å². The third-order valence-electron chi connectivity index (χ3n) is 3.43. The molecule has 5 heteroatoms. The van der Waals surface area contributed by atoms with Crippen molar-refractivity contribution in [2.45, 2.75) is 25.4 Å². The van der Waals surface area contributed by atoms with E-state index in [4.69, 9.17) is 14.2 Å². The summed E-state index contributed by atoms with van der Waals surface area (Å²) in [4.78, 5) is 0. The van der Waals surface area contributed by atoms with Crippen LogP contribution in [0.1, 0.15) is 18.9 Å². The normalized spacial score (nSPS) is 22.5. The lowest BCUT2D eigenvalue weighted by Gasteiger charge is -2.24. The van der Waals surface area contributed by atoms with Crippen LogP contribution in [-0.4, -0.2) is 33.0 Å². The minimum Gasteiger partial charge on any atom is -0.493 e. The van der Waals surface area contributed by atoms with Gasteiger partial charge in [-0.05, 0) is 47.0 Å². The summed E-state index contributed by atoms with van der Waals surface area (Å²) in [7, 11) is 3.28. The Hall–Kier alpha value is -0.780. The summed E-state index contributed by atoms with van der Waals surface area (Å²) in [6.45, 7) is 4.56. The van der Waals surface area contributed by atoms with Crippen molar-refractivity contribution < 1.29 is 14.2 Å². The molecule has 1 aromatic rings. The molecule has 1 aromatic carbocycles. The Morgan fingerprint density at radius 2 is 2.16 bits per heavy atom. The van der Waals surface area contributed by atoms with Crippen LogP contribution < -0.4 is 14.8 Å². The van der Waals surface area contributed by atoms with Crippen LogP contribution >= 0.6 is 15.9 Å². The summed E-state index contributed by atoms with van der Waals surface area (Å²) in [5, 5.41) is 3.55. The van der Waals surface area contributed by atoms with Gasteiger partial charge in [0.05, 0.1) is 25.3 Å². The van der Waals surface area contributed by atoms with Crippen LogP contribution in [0.15, 0.2) is 16.6 Å². The van der Waals surface area contributed by atoms with Crippen LogP contribution in [-0.2, 0) is 11.3 Å². The highest BCUT2D eigenvalue weighted by Crippen LogP contribution is 2.36. The number of ether oxygens (including phenoxy) is 3. The highest BCUT2D eigenvalue weighted by Gasteiger charge is 2.28. The summed E-state index contributed by atoms with van der Waals surface area (Å²) >= 11 is 3.51. The summed E-state index contributed by atoms with van der Waals surface area (Å²) in [6.07, 6.45) is 1.04. The van der Waals surface area contributed by atoms with Crippen molar-refractivity contribution in [1.29, 1.82) is 0 Å². The van der Waals surface area contributed by atoms with Gasteiger partial charge in [0.1, 0.15) is 0 Å². The van der Waals surface area contributed by atoms with E-state index in [1.807, 2.05) is 12.1 Å². The number of nitrogens with one attached hydrogen (secondary N) is 1. The molecular weight excluding hydrogens is 310 g/mol. The predicted octanol–water partition coefficient (Wildman–Crippen LogP) is 2.73. The SMILES string of the molecule is COc1cc(CNC2(C)CCOC2)cc(Br)c1OC. The molecule has 0 radical (unpaired) electrons. The average Bonchev–Trinajstić information content (AvgIpc) is 2.83. The van der Waals surface area contributed by atoms with Gasteiger partial charge in [0.2, 0.25) is 0 Å². The Labute approximate surface area is 122 Å². The van der Waals surface area contributed by atoms with Crippen LogP contribution in [0.25, 0.3) is 0 Å². The molecule has 106 valence electrons. The number of hydrogen-bond donors (Lipinski definition) is 1. The van der Waals surface area contributed by atoms with Gasteiger partial charge >= 0.3 is 0 Å². The van der Waals surface area contributed by atoms with E-state index in [1.165, 1.54) is 0 Å². The Morgan fingerprint density at radius 3 is 2.74 bits per heavy atom. The molecule has 1 aliphatic rings. The molecule has 19 heavy (non-hydrogen) atoms. The summed E-state index contributed by atoms with van der Waals surface area (Å²) in [5.74, 6) is 1.46. The molecular formula is C14H20BrNO3. The highest BCUT2D eigenvalue weighted by molar-refractivity contribution is 9.10. The maximum atomic E-state index is 5.44. The van der Waals surface area contributed by atoms with Gasteiger partial charge in [-0.25, -0.2) is 0 Å². The van der Waals surface area contributed by atoms with Gasteiger partial charge in [0.15, 0.2) is 11.5 Å². The van der Waals surface area contributed by atoms with E-state index in [0.717, 1.165) is 47.7 Å². The van der Waals surface area contributed by atoms with Gasteiger partial charge in [0, 0.05) is 18.7 Å². The largest absolute Gasteiger partial charge is 0.493 e. The second-order valence-electron chi connectivity index (χ2n) is 5.03. The Morgan fingerprint density at radius 1 is 1.37 bits per heavy atom. The summed E-state index contributed by atoms with van der Waals surface area (Å²) in [5.41, 5.74) is 1.22. The lowest BCUT2D eigenvalue weighted by Crippen LogP contribution is -2.42. The van der Waals surface area contributed by atoms with E-state index >= 15 is 0 Å². The Bertz CT molecular complexity index is 445. The fourth-order valence-corrected chi connectivity index (χ4v) is 2.85. The van der Waals surface area contributed by atoms with Crippen molar-refractivity contribution in [2.75, 3.05) is 27.4 Å². The molecule has 1 saturated heterocycles. The Kier molecular flexibility index (Phi) is 4.71. The first-order valence-corrected chi connectivity index (χ1v) is 7.10. The summed E-state index contributed by atoms with van der Waals surface area (Å²) in [6, 6.07) is 4.04. The molecule has 0 aliphatic carbocycles. The van der Waals surface area contributed by atoms with Gasteiger partial charge in [-0.3, -0.25) is 0 Å². The number of methoxy groups -OCH3 is 2. The van der Waals surface area contributed by atoms with Crippen molar-refractivity contribution in [3.8, 4) is 11.5 Å². The first kappa shape index (κ1) is 14.6. The second-order valence-corrected chi connectivity index (χ2v) is 5.88. The molecule has 1 atom stereocenters. The molecule has 0 spiro atoms. The quantitative estimate of drug-likeness (QED) is 0.901. The predicted molar refractivity (Wildman–Crippen MR) is 77.9 cm³/mol. The lowest BCUT2D eigenvalue weighted by molar-refractivity contribution is 0.171. The molecule has 4 nitrogen and oxygen atoms in total. The number of hydrogen-bond acceptors (Lipinski definition) is 4. The van der Waals surface area contributed by atoms with E-state index in [-0.39, 0.29) is 5.54 Å². The van der Waals surface area contributed by atoms with Crippen molar-refractivity contribution in [2.24, 2.45) is 0 Å². The maximum Gasteiger partial charge on any atom is 0.174 e. The van der Waals surface area contributed by atoms with Crippen LogP contribution in [0.2, 0.25) is 0 Å². The van der Waals surface area contributed by atoms with Gasteiger partial charge in [0.25, 0.3) is 0 Å². The first-order chi connectivity index (χ1) is 9.08. The minimum absolute atomic E-state index is 0.0691. The molecule has 1 fully saturated rings. The monoisotopic (exact) mass is 329 g/mol. The number of benzene rings is 1. The van der Waals surface area contributed by atoms with E-state index in [0.29, 0.717) is 0 Å². The third-order valence-corrected chi connectivity index (χ3v) is 4.02. The van der Waals surface area contributed by atoms with Gasteiger partial charge < -0.3 is 19.5 Å². The van der Waals surface area contributed by atoms with Crippen molar-refractivity contribution in [3.63, 3.8) is 0 Å². The maximum absolute atomic E-state index is 5.44. The molecule has 0 saturated carbocycles. The number of rotatable bonds is 5. The third kappa shape index (κ3) is 3.41. The van der Waals surface area contributed by atoms with E-state index in [9.17, 15) is 0 Å². The zero-order valence-corrected chi connectivity index (χ0v) is 13.2. The van der Waals surface area contributed by atoms with Gasteiger partial charge in [-0.1, -0.05) is 0 Å². The highest BCUT2D eigenvalue weighted by atomic mass is 79.9. The van der Waals surface area contributed by atoms with E-state index in [2.05, 4.69) is 28.2 Å². The standard InChI is InChI=1S/C14H20BrNO3/c1-14(4-5-19-9-14)16-8-10-6-11(15)13(18-3)12(7-10)17-2/h6-7,16H,4-5,8-9H2,1-3H3. The smallest absolute Gasteiger partial charge is 0.174 e. The fraction of sp³-hybridized carbons (Fsp3) is 0.571. The molecule has 0 aromatic heterocycles. The zero-order chi connectivity index (χ0) is 13.9. The van der Waals surface area contributed by atoms with Gasteiger partial charge in [-0.15, -0.1) is 0 Å². The van der Waals surface area contributed by atoms with Crippen LogP contribution in [0.3, 0.4) is 0 Å². The van der Waals surface area contributed by atoms with Crippen LogP contribution in [0.5, 0.6) is 11.5 Å². The lowest BCUT2D eigenvalue weighted by atomic mass is 10.0. The molecule has 1 unspecified atom stereocenters. The second kappa shape index (κ2) is 6.11. The van der Waals surface area contributed by atoms with Crippen molar-refractivity contribution >= 4 is 15.9 Å².